The van der Waals surface area contributed by atoms with E-state index in [0.29, 0.717) is 4.47 Å². The van der Waals surface area contributed by atoms with E-state index in [1.54, 1.807) is 0 Å². The SMILES string of the molecule is O=C(O)c1ccc(Br)c(S(=O)(=O)NC2CCSCC2)c1. The highest BCUT2D eigenvalue weighted by atomic mass is 79.9. The van der Waals surface area contributed by atoms with E-state index in [2.05, 4.69) is 20.7 Å². The molecule has 1 aromatic rings. The fourth-order valence-corrected chi connectivity index (χ4v) is 5.34. The molecule has 5 nitrogen and oxygen atoms in total. The van der Waals surface area contributed by atoms with Crippen molar-refractivity contribution in [2.24, 2.45) is 0 Å². The van der Waals surface area contributed by atoms with Gasteiger partial charge >= 0.3 is 5.97 Å². The molecule has 0 atom stereocenters. The number of hydrogen-bond donors (Lipinski definition) is 2. The molecule has 0 saturated carbocycles. The maximum Gasteiger partial charge on any atom is 0.335 e. The van der Waals surface area contributed by atoms with Crippen molar-refractivity contribution in [2.45, 2.75) is 23.8 Å². The number of carboxylic acids is 1. The molecule has 2 rings (SSSR count). The van der Waals surface area contributed by atoms with Gasteiger partial charge in [-0.05, 0) is 58.5 Å². The maximum absolute atomic E-state index is 12.4. The van der Waals surface area contributed by atoms with E-state index in [-0.39, 0.29) is 16.5 Å². The predicted molar refractivity (Wildman–Crippen MR) is 81.8 cm³/mol. The standard InChI is InChI=1S/C12H14BrNO4S2/c13-10-2-1-8(12(15)16)7-11(10)20(17,18)14-9-3-5-19-6-4-9/h1-2,7,9,14H,3-6H2,(H,15,16). The van der Waals surface area contributed by atoms with Crippen LogP contribution < -0.4 is 4.72 Å². The van der Waals surface area contributed by atoms with Crippen molar-refractivity contribution in [1.29, 1.82) is 0 Å². The summed E-state index contributed by atoms with van der Waals surface area (Å²) < 4.78 is 27.7. The number of halogens is 1. The summed E-state index contributed by atoms with van der Waals surface area (Å²) in [4.78, 5) is 10.9. The summed E-state index contributed by atoms with van der Waals surface area (Å²) in [6.45, 7) is 0. The number of nitrogens with one attached hydrogen (secondary N) is 1. The molecule has 0 radical (unpaired) electrons. The molecular formula is C12H14BrNO4S2. The maximum atomic E-state index is 12.4. The van der Waals surface area contributed by atoms with Gasteiger partial charge < -0.3 is 5.11 Å². The first-order valence-electron chi connectivity index (χ1n) is 6.03. The van der Waals surface area contributed by atoms with Crippen molar-refractivity contribution in [1.82, 2.24) is 4.72 Å². The van der Waals surface area contributed by atoms with Crippen molar-refractivity contribution in [3.8, 4) is 0 Å². The lowest BCUT2D eigenvalue weighted by molar-refractivity contribution is 0.0696. The molecule has 110 valence electrons. The summed E-state index contributed by atoms with van der Waals surface area (Å²) in [6, 6.07) is 3.89. The third-order valence-corrected chi connectivity index (χ3v) is 6.57. The first-order valence-corrected chi connectivity index (χ1v) is 9.46. The summed E-state index contributed by atoms with van der Waals surface area (Å²) in [7, 11) is -3.72. The minimum absolute atomic E-state index is 0.0318. The molecule has 0 amide bonds. The van der Waals surface area contributed by atoms with Crippen LogP contribution in [0.4, 0.5) is 0 Å². The van der Waals surface area contributed by atoms with Crippen LogP contribution in [-0.2, 0) is 10.0 Å². The van der Waals surface area contributed by atoms with Gasteiger partial charge in [0.1, 0.15) is 0 Å². The van der Waals surface area contributed by atoms with E-state index < -0.39 is 16.0 Å². The van der Waals surface area contributed by atoms with Gasteiger partial charge in [-0.2, -0.15) is 11.8 Å². The molecule has 0 bridgehead atoms. The molecule has 0 aliphatic carbocycles. The molecule has 1 aromatic carbocycles. The molecular weight excluding hydrogens is 366 g/mol. The molecule has 0 unspecified atom stereocenters. The van der Waals surface area contributed by atoms with Crippen LogP contribution in [0.25, 0.3) is 0 Å². The van der Waals surface area contributed by atoms with Crippen LogP contribution in [0.1, 0.15) is 23.2 Å². The molecule has 2 N–H and O–H groups in total. The van der Waals surface area contributed by atoms with E-state index in [9.17, 15) is 13.2 Å². The number of carboxylic acid groups (broad SMARTS) is 1. The fourth-order valence-electron chi connectivity index (χ4n) is 1.94. The van der Waals surface area contributed by atoms with Crippen LogP contribution in [-0.4, -0.2) is 37.0 Å². The molecule has 0 spiro atoms. The van der Waals surface area contributed by atoms with Crippen LogP contribution in [0.2, 0.25) is 0 Å². The number of aromatic carboxylic acids is 1. The van der Waals surface area contributed by atoms with Crippen molar-refractivity contribution in [3.05, 3.63) is 28.2 Å². The summed E-state index contributed by atoms with van der Waals surface area (Å²) >= 11 is 4.97. The summed E-state index contributed by atoms with van der Waals surface area (Å²) in [5.41, 5.74) is -0.0484. The van der Waals surface area contributed by atoms with E-state index in [1.807, 2.05) is 11.8 Å². The molecule has 1 aliphatic heterocycles. The van der Waals surface area contributed by atoms with Gasteiger partial charge in [0.15, 0.2) is 0 Å². The Morgan fingerprint density at radius 1 is 1.35 bits per heavy atom. The van der Waals surface area contributed by atoms with Gasteiger partial charge in [-0.1, -0.05) is 0 Å². The van der Waals surface area contributed by atoms with Crippen LogP contribution in [0, 0.1) is 0 Å². The van der Waals surface area contributed by atoms with E-state index in [1.165, 1.54) is 18.2 Å². The monoisotopic (exact) mass is 379 g/mol. The zero-order chi connectivity index (χ0) is 14.8. The molecule has 1 fully saturated rings. The second kappa shape index (κ2) is 6.46. The molecule has 1 heterocycles. The molecule has 0 aromatic heterocycles. The van der Waals surface area contributed by atoms with Gasteiger partial charge in [-0.25, -0.2) is 17.9 Å². The zero-order valence-corrected chi connectivity index (χ0v) is 13.7. The van der Waals surface area contributed by atoms with Crippen LogP contribution >= 0.6 is 27.7 Å². The Labute approximate surface area is 130 Å². The third kappa shape index (κ3) is 3.75. The topological polar surface area (TPSA) is 83.5 Å². The van der Waals surface area contributed by atoms with Crippen molar-refractivity contribution in [2.75, 3.05) is 11.5 Å². The lowest BCUT2D eigenvalue weighted by Gasteiger charge is -2.22. The number of rotatable bonds is 4. The Morgan fingerprint density at radius 3 is 2.60 bits per heavy atom. The number of thioether (sulfide) groups is 1. The van der Waals surface area contributed by atoms with E-state index in [4.69, 9.17) is 5.11 Å². The Balaban J connectivity index is 2.28. The van der Waals surface area contributed by atoms with Gasteiger partial charge in [-0.3, -0.25) is 0 Å². The van der Waals surface area contributed by atoms with Crippen molar-refractivity contribution < 1.29 is 18.3 Å². The van der Waals surface area contributed by atoms with Gasteiger partial charge in [0, 0.05) is 10.5 Å². The van der Waals surface area contributed by atoms with Crippen LogP contribution in [0.3, 0.4) is 0 Å². The van der Waals surface area contributed by atoms with Crippen LogP contribution in [0.5, 0.6) is 0 Å². The number of carbonyl (C=O) groups is 1. The highest BCUT2D eigenvalue weighted by molar-refractivity contribution is 9.10. The van der Waals surface area contributed by atoms with Gasteiger partial charge in [-0.15, -0.1) is 0 Å². The molecule has 20 heavy (non-hydrogen) atoms. The highest BCUT2D eigenvalue weighted by Gasteiger charge is 2.24. The smallest absolute Gasteiger partial charge is 0.335 e. The number of benzene rings is 1. The second-order valence-electron chi connectivity index (χ2n) is 4.46. The van der Waals surface area contributed by atoms with Crippen LogP contribution in [0.15, 0.2) is 27.6 Å². The third-order valence-electron chi connectivity index (χ3n) is 3.01. The van der Waals surface area contributed by atoms with Gasteiger partial charge in [0.2, 0.25) is 10.0 Å². The Hall–Kier alpha value is -0.570. The minimum atomic E-state index is -3.72. The summed E-state index contributed by atoms with van der Waals surface area (Å²) in [6.07, 6.45) is 1.58. The molecule has 8 heteroatoms. The minimum Gasteiger partial charge on any atom is -0.478 e. The summed E-state index contributed by atoms with van der Waals surface area (Å²) in [5.74, 6) is 0.718. The Kier molecular flexibility index (Phi) is 5.11. The largest absolute Gasteiger partial charge is 0.478 e. The Morgan fingerprint density at radius 2 is 2.00 bits per heavy atom. The number of sulfonamides is 1. The average molecular weight is 380 g/mol. The quantitative estimate of drug-likeness (QED) is 0.838. The summed E-state index contributed by atoms with van der Waals surface area (Å²) in [5, 5.41) is 8.95. The second-order valence-corrected chi connectivity index (χ2v) is 8.22. The molecule has 1 aliphatic rings. The van der Waals surface area contributed by atoms with Crippen molar-refractivity contribution >= 4 is 43.7 Å². The lowest BCUT2D eigenvalue weighted by atomic mass is 10.2. The highest BCUT2D eigenvalue weighted by Crippen LogP contribution is 2.25. The lowest BCUT2D eigenvalue weighted by Crippen LogP contribution is -2.37. The average Bonchev–Trinajstić information content (AvgIpc) is 2.39. The van der Waals surface area contributed by atoms with Gasteiger partial charge in [0.05, 0.1) is 10.5 Å². The zero-order valence-electron chi connectivity index (χ0n) is 10.5. The molecule has 1 saturated heterocycles. The number of hydrogen-bond acceptors (Lipinski definition) is 4. The fraction of sp³-hybridized carbons (Fsp3) is 0.417. The Bertz CT molecular complexity index is 612. The van der Waals surface area contributed by atoms with E-state index in [0.717, 1.165) is 24.3 Å². The normalized spacial score (nSPS) is 17.1. The first kappa shape index (κ1) is 15.8. The van der Waals surface area contributed by atoms with E-state index >= 15 is 0 Å². The van der Waals surface area contributed by atoms with Gasteiger partial charge in [0.25, 0.3) is 0 Å². The predicted octanol–water partition coefficient (Wildman–Crippen LogP) is 2.32. The first-order chi connectivity index (χ1) is 9.40. The van der Waals surface area contributed by atoms with Crippen molar-refractivity contribution in [3.63, 3.8) is 0 Å².